The molecule has 2 aromatic rings. The van der Waals surface area contributed by atoms with Gasteiger partial charge in [0.1, 0.15) is 5.75 Å². The number of hydrogen-bond donors (Lipinski definition) is 1. The van der Waals surface area contributed by atoms with Gasteiger partial charge in [-0.25, -0.2) is 0 Å². The number of amides is 2. The summed E-state index contributed by atoms with van der Waals surface area (Å²) in [5.74, 6) is -1.24. The second-order valence-corrected chi connectivity index (χ2v) is 6.78. The average Bonchev–Trinajstić information content (AvgIpc) is 3.14. The molecule has 2 aromatic carbocycles. The van der Waals surface area contributed by atoms with Gasteiger partial charge in [0.2, 0.25) is 5.91 Å². The van der Waals surface area contributed by atoms with Crippen LogP contribution in [0, 0.1) is 5.92 Å². The van der Waals surface area contributed by atoms with Crippen LogP contribution in [0.2, 0.25) is 0 Å². The van der Waals surface area contributed by atoms with E-state index in [0.29, 0.717) is 11.4 Å². The molecule has 0 radical (unpaired) electrons. The largest absolute Gasteiger partial charge is 0.495 e. The van der Waals surface area contributed by atoms with Gasteiger partial charge in [-0.05, 0) is 36.2 Å². The number of nitrogens with zero attached hydrogens (tertiary/aromatic N) is 1. The Morgan fingerprint density at radius 3 is 2.55 bits per heavy atom. The van der Waals surface area contributed by atoms with Crippen molar-refractivity contribution in [2.75, 3.05) is 30.5 Å². The molecule has 2 amide bonds. The fourth-order valence-electron chi connectivity index (χ4n) is 3.22. The third-order valence-corrected chi connectivity index (χ3v) is 4.84. The number of aryl methyl sites for hydroxylation is 1. The molecule has 1 fully saturated rings. The van der Waals surface area contributed by atoms with Gasteiger partial charge < -0.3 is 19.7 Å². The molecule has 1 atom stereocenters. The number of benzene rings is 2. The van der Waals surface area contributed by atoms with E-state index in [1.807, 2.05) is 24.3 Å². The maximum Gasteiger partial charge on any atom is 0.311 e. The molecule has 7 nitrogen and oxygen atoms in total. The maximum absolute atomic E-state index is 12.3. The summed E-state index contributed by atoms with van der Waals surface area (Å²) in [6, 6.07) is 14.6. The third kappa shape index (κ3) is 4.93. The molecule has 7 heteroatoms. The Morgan fingerprint density at radius 1 is 1.14 bits per heavy atom. The molecule has 0 aromatic heterocycles. The number of esters is 1. The van der Waals surface area contributed by atoms with Crippen molar-refractivity contribution >= 4 is 29.2 Å². The summed E-state index contributed by atoms with van der Waals surface area (Å²) < 4.78 is 10.3. The third-order valence-electron chi connectivity index (χ3n) is 4.84. The number of methoxy groups -OCH3 is 1. The molecule has 1 aliphatic heterocycles. The second kappa shape index (κ2) is 9.23. The van der Waals surface area contributed by atoms with Crippen molar-refractivity contribution < 1.29 is 23.9 Å². The summed E-state index contributed by atoms with van der Waals surface area (Å²) in [5, 5.41) is 2.64. The Labute approximate surface area is 169 Å². The van der Waals surface area contributed by atoms with Crippen LogP contribution in [0.15, 0.2) is 48.5 Å². The molecule has 1 saturated heterocycles. The van der Waals surface area contributed by atoms with E-state index in [0.717, 1.165) is 12.1 Å². The van der Waals surface area contributed by atoms with Gasteiger partial charge in [-0.15, -0.1) is 0 Å². The van der Waals surface area contributed by atoms with E-state index in [9.17, 15) is 14.4 Å². The lowest BCUT2D eigenvalue weighted by Crippen LogP contribution is -2.28. The van der Waals surface area contributed by atoms with Gasteiger partial charge in [-0.3, -0.25) is 14.4 Å². The molecule has 1 N–H and O–H groups in total. The van der Waals surface area contributed by atoms with E-state index in [1.165, 1.54) is 12.7 Å². The van der Waals surface area contributed by atoms with E-state index in [-0.39, 0.29) is 18.9 Å². The van der Waals surface area contributed by atoms with Crippen LogP contribution in [0.3, 0.4) is 0 Å². The Hall–Kier alpha value is -3.35. The quantitative estimate of drug-likeness (QED) is 0.728. The molecule has 29 heavy (non-hydrogen) atoms. The first-order valence-corrected chi connectivity index (χ1v) is 9.50. The summed E-state index contributed by atoms with van der Waals surface area (Å²) in [4.78, 5) is 38.3. The van der Waals surface area contributed by atoms with Crippen molar-refractivity contribution in [3.05, 3.63) is 54.1 Å². The van der Waals surface area contributed by atoms with Gasteiger partial charge >= 0.3 is 5.97 Å². The van der Waals surface area contributed by atoms with Crippen molar-refractivity contribution in [1.29, 1.82) is 0 Å². The fraction of sp³-hybridized carbons (Fsp3) is 0.318. The number of carbonyl (C=O) groups excluding carboxylic acids is 3. The molecule has 1 aliphatic rings. The first-order valence-electron chi connectivity index (χ1n) is 9.50. The normalized spacial score (nSPS) is 15.9. The predicted octanol–water partition coefficient (Wildman–Crippen LogP) is 2.79. The minimum Gasteiger partial charge on any atom is -0.495 e. The molecule has 0 spiro atoms. The Bertz CT molecular complexity index is 894. The number of anilines is 2. The van der Waals surface area contributed by atoms with E-state index in [1.54, 1.807) is 29.2 Å². The Kier molecular flexibility index (Phi) is 6.49. The van der Waals surface area contributed by atoms with E-state index >= 15 is 0 Å². The van der Waals surface area contributed by atoms with Crippen LogP contribution < -0.4 is 15.0 Å². The zero-order valence-corrected chi connectivity index (χ0v) is 16.5. The predicted molar refractivity (Wildman–Crippen MR) is 109 cm³/mol. The van der Waals surface area contributed by atoms with Gasteiger partial charge in [-0.2, -0.15) is 0 Å². The van der Waals surface area contributed by atoms with E-state index < -0.39 is 24.4 Å². The van der Waals surface area contributed by atoms with Crippen LogP contribution in [0.25, 0.3) is 0 Å². The summed E-state index contributed by atoms with van der Waals surface area (Å²) in [6.07, 6.45) is 0.989. The van der Waals surface area contributed by atoms with Crippen molar-refractivity contribution in [2.24, 2.45) is 5.92 Å². The van der Waals surface area contributed by atoms with Crippen LogP contribution in [0.5, 0.6) is 5.75 Å². The van der Waals surface area contributed by atoms with Gasteiger partial charge in [0.25, 0.3) is 5.91 Å². The molecule has 0 saturated carbocycles. The highest BCUT2D eigenvalue weighted by atomic mass is 16.5. The number of para-hydroxylation sites is 2. The standard InChI is InChI=1S/C22H24N2O5/c1-3-15-8-10-17(11-9-15)24-13-16(12-21(24)26)22(27)29-14-20(25)23-18-6-4-5-7-19(18)28-2/h4-11,16H,3,12-14H2,1-2H3,(H,23,25)/t16-/m1/s1. The molecule has 152 valence electrons. The molecule has 1 heterocycles. The van der Waals surface area contributed by atoms with Gasteiger partial charge in [0, 0.05) is 18.7 Å². The highest BCUT2D eigenvalue weighted by molar-refractivity contribution is 6.00. The lowest BCUT2D eigenvalue weighted by atomic mass is 10.1. The maximum atomic E-state index is 12.3. The van der Waals surface area contributed by atoms with Crippen molar-refractivity contribution in [1.82, 2.24) is 0 Å². The monoisotopic (exact) mass is 396 g/mol. The minimum absolute atomic E-state index is 0.0719. The summed E-state index contributed by atoms with van der Waals surface area (Å²) in [5.41, 5.74) is 2.43. The SMILES string of the molecule is CCc1ccc(N2C[C@H](C(=O)OCC(=O)Nc3ccccc3OC)CC2=O)cc1. The first-order chi connectivity index (χ1) is 14.0. The summed E-state index contributed by atoms with van der Waals surface area (Å²) in [7, 11) is 1.50. The van der Waals surface area contributed by atoms with Crippen molar-refractivity contribution in [3.63, 3.8) is 0 Å². The molecule has 0 aliphatic carbocycles. The van der Waals surface area contributed by atoms with Gasteiger partial charge in [-0.1, -0.05) is 31.2 Å². The van der Waals surface area contributed by atoms with Gasteiger partial charge in [0.05, 0.1) is 18.7 Å². The number of hydrogen-bond acceptors (Lipinski definition) is 5. The van der Waals surface area contributed by atoms with E-state index in [2.05, 4.69) is 12.2 Å². The molecule has 0 bridgehead atoms. The van der Waals surface area contributed by atoms with E-state index in [4.69, 9.17) is 9.47 Å². The van der Waals surface area contributed by atoms with Crippen molar-refractivity contribution in [2.45, 2.75) is 19.8 Å². The summed E-state index contributed by atoms with van der Waals surface area (Å²) in [6.45, 7) is 1.89. The average molecular weight is 396 g/mol. The molecular formula is C22H24N2O5. The lowest BCUT2D eigenvalue weighted by molar-refractivity contribution is -0.151. The number of rotatable bonds is 7. The second-order valence-electron chi connectivity index (χ2n) is 6.78. The molecule has 3 rings (SSSR count). The smallest absolute Gasteiger partial charge is 0.311 e. The minimum atomic E-state index is -0.590. The Balaban J connectivity index is 1.53. The van der Waals surface area contributed by atoms with Gasteiger partial charge in [0.15, 0.2) is 6.61 Å². The zero-order valence-electron chi connectivity index (χ0n) is 16.5. The van der Waals surface area contributed by atoms with Crippen LogP contribution in [-0.2, 0) is 25.5 Å². The van der Waals surface area contributed by atoms with Crippen molar-refractivity contribution in [3.8, 4) is 5.75 Å². The number of nitrogens with one attached hydrogen (secondary N) is 1. The van der Waals surface area contributed by atoms with Crippen LogP contribution in [-0.4, -0.2) is 38.0 Å². The molecule has 0 unspecified atom stereocenters. The molecular weight excluding hydrogens is 372 g/mol. The number of carbonyl (C=O) groups is 3. The number of ether oxygens (including phenoxy) is 2. The summed E-state index contributed by atoms with van der Waals surface area (Å²) >= 11 is 0. The van der Waals surface area contributed by atoms with Crippen LogP contribution in [0.4, 0.5) is 11.4 Å². The first kappa shape index (κ1) is 20.4. The fourth-order valence-corrected chi connectivity index (χ4v) is 3.22. The topological polar surface area (TPSA) is 84.9 Å². The highest BCUT2D eigenvalue weighted by Gasteiger charge is 2.36. The lowest BCUT2D eigenvalue weighted by Gasteiger charge is -2.17. The van der Waals surface area contributed by atoms with Crippen LogP contribution >= 0.6 is 0 Å². The van der Waals surface area contributed by atoms with Crippen LogP contribution in [0.1, 0.15) is 18.9 Å². The Morgan fingerprint density at radius 2 is 1.86 bits per heavy atom. The highest BCUT2D eigenvalue weighted by Crippen LogP contribution is 2.26. The zero-order chi connectivity index (χ0) is 20.8.